The highest BCUT2D eigenvalue weighted by molar-refractivity contribution is 7.18. The molecule has 0 atom stereocenters. The van der Waals surface area contributed by atoms with Crippen LogP contribution in [-0.4, -0.2) is 15.5 Å². The molecule has 8 heteroatoms. The Morgan fingerprint density at radius 1 is 1.09 bits per heavy atom. The fraction of sp³-hybridized carbons (Fsp3) is 0.208. The normalized spacial score (nSPS) is 11.0. The number of carbonyl (C=O) groups is 1. The zero-order valence-corrected chi connectivity index (χ0v) is 18.5. The molecule has 32 heavy (non-hydrogen) atoms. The second kappa shape index (κ2) is 9.32. The third-order valence-corrected chi connectivity index (χ3v) is 6.31. The van der Waals surface area contributed by atoms with Crippen LogP contribution in [0.15, 0.2) is 59.7 Å². The summed E-state index contributed by atoms with van der Waals surface area (Å²) in [5, 5.41) is 3.50. The van der Waals surface area contributed by atoms with Gasteiger partial charge in [0.1, 0.15) is 22.1 Å². The van der Waals surface area contributed by atoms with Crippen molar-refractivity contribution in [2.75, 3.05) is 0 Å². The van der Waals surface area contributed by atoms with E-state index in [1.807, 2.05) is 26.0 Å². The molecule has 0 unspecified atom stereocenters. The molecule has 2 aromatic heterocycles. The fourth-order valence-electron chi connectivity index (χ4n) is 3.25. The summed E-state index contributed by atoms with van der Waals surface area (Å²) in [6, 6.07) is 13.1. The van der Waals surface area contributed by atoms with Gasteiger partial charge in [-0.3, -0.25) is 14.2 Å². The second-order valence-electron chi connectivity index (χ2n) is 7.43. The minimum atomic E-state index is -0.318. The summed E-state index contributed by atoms with van der Waals surface area (Å²) in [7, 11) is 0. The topological polar surface area (TPSA) is 73.2 Å². The Kier molecular flexibility index (Phi) is 6.32. The number of ether oxygens (including phenoxy) is 1. The van der Waals surface area contributed by atoms with Crippen molar-refractivity contribution < 1.29 is 13.9 Å². The van der Waals surface area contributed by atoms with Crippen LogP contribution in [0.1, 0.15) is 22.4 Å². The molecular formula is C24H22FN3O3S. The molecule has 0 fully saturated rings. The van der Waals surface area contributed by atoms with E-state index in [-0.39, 0.29) is 30.2 Å². The zero-order chi connectivity index (χ0) is 22.7. The van der Waals surface area contributed by atoms with E-state index in [9.17, 15) is 14.0 Å². The van der Waals surface area contributed by atoms with Gasteiger partial charge in [0.25, 0.3) is 5.56 Å². The van der Waals surface area contributed by atoms with E-state index < -0.39 is 0 Å². The van der Waals surface area contributed by atoms with E-state index in [0.29, 0.717) is 23.4 Å². The molecule has 0 aliphatic heterocycles. The van der Waals surface area contributed by atoms with E-state index in [1.165, 1.54) is 34.4 Å². The van der Waals surface area contributed by atoms with Crippen LogP contribution in [0.3, 0.4) is 0 Å². The molecule has 0 saturated carbocycles. The average Bonchev–Trinajstić information content (AvgIpc) is 3.08. The molecule has 0 bridgehead atoms. The lowest BCUT2D eigenvalue weighted by atomic mass is 10.2. The first-order valence-electron chi connectivity index (χ1n) is 10.1. The summed E-state index contributed by atoms with van der Waals surface area (Å²) >= 11 is 1.51. The summed E-state index contributed by atoms with van der Waals surface area (Å²) in [6.07, 6.45) is 1.69. The van der Waals surface area contributed by atoms with Gasteiger partial charge in [0, 0.05) is 24.4 Å². The highest BCUT2D eigenvalue weighted by Crippen LogP contribution is 2.25. The Bertz CT molecular complexity index is 1310. The van der Waals surface area contributed by atoms with Gasteiger partial charge in [0.15, 0.2) is 0 Å². The number of aryl methyl sites for hydroxylation is 3. The predicted molar refractivity (Wildman–Crippen MR) is 123 cm³/mol. The Morgan fingerprint density at radius 2 is 1.75 bits per heavy atom. The van der Waals surface area contributed by atoms with Crippen molar-refractivity contribution in [2.45, 2.75) is 33.4 Å². The minimum Gasteiger partial charge on any atom is -0.457 e. The molecule has 0 aliphatic rings. The Hall–Kier alpha value is -3.52. The van der Waals surface area contributed by atoms with Crippen molar-refractivity contribution in [3.63, 3.8) is 0 Å². The van der Waals surface area contributed by atoms with Gasteiger partial charge in [-0.15, -0.1) is 11.3 Å². The molecule has 4 aromatic rings. The van der Waals surface area contributed by atoms with Crippen LogP contribution in [0.4, 0.5) is 4.39 Å². The summed E-state index contributed by atoms with van der Waals surface area (Å²) in [5.74, 6) is 0.694. The third kappa shape index (κ3) is 4.86. The maximum Gasteiger partial charge on any atom is 0.262 e. The van der Waals surface area contributed by atoms with Gasteiger partial charge < -0.3 is 10.1 Å². The molecule has 4 rings (SSSR count). The van der Waals surface area contributed by atoms with Crippen LogP contribution < -0.4 is 15.6 Å². The summed E-state index contributed by atoms with van der Waals surface area (Å²) in [4.78, 5) is 31.1. The van der Waals surface area contributed by atoms with Crippen molar-refractivity contribution in [3.05, 3.63) is 87.0 Å². The lowest BCUT2D eigenvalue weighted by Crippen LogP contribution is -2.27. The van der Waals surface area contributed by atoms with Crippen molar-refractivity contribution in [2.24, 2.45) is 0 Å². The maximum atomic E-state index is 13.0. The second-order valence-corrected chi connectivity index (χ2v) is 8.64. The molecule has 1 amide bonds. The smallest absolute Gasteiger partial charge is 0.262 e. The van der Waals surface area contributed by atoms with Gasteiger partial charge in [-0.2, -0.15) is 0 Å². The largest absolute Gasteiger partial charge is 0.457 e. The van der Waals surface area contributed by atoms with Crippen molar-refractivity contribution in [1.82, 2.24) is 14.9 Å². The van der Waals surface area contributed by atoms with Crippen molar-refractivity contribution in [3.8, 4) is 11.5 Å². The van der Waals surface area contributed by atoms with Crippen LogP contribution in [0.5, 0.6) is 11.5 Å². The standard InChI is InChI=1S/C24H22FN3O3S/c1-15-16(2)32-23-22(15)24(30)28(14-27-23)12-11-21(29)26-13-17-3-7-19(8-4-17)31-20-9-5-18(25)6-10-20/h3-10,14H,11-13H2,1-2H3,(H,26,29). The highest BCUT2D eigenvalue weighted by atomic mass is 32.1. The molecule has 0 aliphatic carbocycles. The Morgan fingerprint density at radius 3 is 2.44 bits per heavy atom. The number of nitrogens with one attached hydrogen (secondary N) is 1. The molecule has 0 saturated heterocycles. The number of thiophene rings is 1. The lowest BCUT2D eigenvalue weighted by Gasteiger charge is -2.09. The van der Waals surface area contributed by atoms with Gasteiger partial charge in [-0.25, -0.2) is 9.37 Å². The molecule has 6 nitrogen and oxygen atoms in total. The first-order valence-corrected chi connectivity index (χ1v) is 11.0. The molecule has 0 spiro atoms. The number of fused-ring (bicyclic) bond motifs is 1. The number of rotatable bonds is 7. The van der Waals surface area contributed by atoms with E-state index in [2.05, 4.69) is 10.3 Å². The summed E-state index contributed by atoms with van der Waals surface area (Å²) in [5.41, 5.74) is 1.75. The third-order valence-electron chi connectivity index (χ3n) is 5.20. The van der Waals surface area contributed by atoms with Crippen molar-refractivity contribution >= 4 is 27.5 Å². The Balaban J connectivity index is 1.30. The number of amides is 1. The maximum absolute atomic E-state index is 13.0. The number of nitrogens with zero attached hydrogens (tertiary/aromatic N) is 2. The predicted octanol–water partition coefficient (Wildman–Crippen LogP) is 4.71. The van der Waals surface area contributed by atoms with Crippen LogP contribution in [0.2, 0.25) is 0 Å². The molecule has 2 aromatic carbocycles. The molecule has 2 heterocycles. The van der Waals surface area contributed by atoms with Gasteiger partial charge in [0.05, 0.1) is 11.7 Å². The number of hydrogen-bond acceptors (Lipinski definition) is 5. The summed E-state index contributed by atoms with van der Waals surface area (Å²) in [6.45, 7) is 4.53. The minimum absolute atomic E-state index is 0.110. The first-order chi connectivity index (χ1) is 15.4. The molecule has 164 valence electrons. The monoisotopic (exact) mass is 451 g/mol. The van der Waals surface area contributed by atoms with Gasteiger partial charge in [-0.1, -0.05) is 12.1 Å². The molecule has 0 radical (unpaired) electrons. The van der Waals surface area contributed by atoms with E-state index in [1.54, 1.807) is 24.3 Å². The van der Waals surface area contributed by atoms with Crippen LogP contribution in [-0.2, 0) is 17.9 Å². The fourth-order valence-corrected chi connectivity index (χ4v) is 4.24. The lowest BCUT2D eigenvalue weighted by molar-refractivity contribution is -0.121. The van der Waals surface area contributed by atoms with Crippen LogP contribution in [0.25, 0.3) is 10.2 Å². The Labute approximate surface area is 188 Å². The number of carbonyl (C=O) groups excluding carboxylic acids is 1. The van der Waals surface area contributed by atoms with E-state index >= 15 is 0 Å². The van der Waals surface area contributed by atoms with Gasteiger partial charge in [-0.05, 0) is 61.4 Å². The summed E-state index contributed by atoms with van der Waals surface area (Å²) < 4.78 is 20.1. The van der Waals surface area contributed by atoms with Gasteiger partial charge >= 0.3 is 0 Å². The zero-order valence-electron chi connectivity index (χ0n) is 17.7. The number of benzene rings is 2. The van der Waals surface area contributed by atoms with Gasteiger partial charge in [0.2, 0.25) is 5.91 Å². The SMILES string of the molecule is Cc1sc2ncn(CCC(=O)NCc3ccc(Oc4ccc(F)cc4)cc3)c(=O)c2c1C. The first kappa shape index (κ1) is 21.7. The quantitative estimate of drug-likeness (QED) is 0.442. The number of halogens is 1. The number of aromatic nitrogens is 2. The van der Waals surface area contributed by atoms with E-state index in [4.69, 9.17) is 4.74 Å². The molecular weight excluding hydrogens is 429 g/mol. The highest BCUT2D eigenvalue weighted by Gasteiger charge is 2.12. The van der Waals surface area contributed by atoms with E-state index in [0.717, 1.165) is 20.8 Å². The number of hydrogen-bond donors (Lipinski definition) is 1. The molecule has 1 N–H and O–H groups in total. The van der Waals surface area contributed by atoms with Crippen molar-refractivity contribution in [1.29, 1.82) is 0 Å². The van der Waals surface area contributed by atoms with Crippen LogP contribution in [0, 0.1) is 19.7 Å². The average molecular weight is 452 g/mol. The van der Waals surface area contributed by atoms with Crippen LogP contribution >= 0.6 is 11.3 Å².